The first-order valence-electron chi connectivity index (χ1n) is 10.8. The number of aliphatic hydroxyl groups excluding tert-OH is 1. The number of aromatic hydroxyl groups is 1. The number of nitrogens with zero attached hydrogens (tertiary/aromatic N) is 1. The van der Waals surface area contributed by atoms with Crippen molar-refractivity contribution in [3.8, 4) is 5.75 Å². The molecule has 0 bridgehead atoms. The molecule has 4 unspecified atom stereocenters. The molecular formula is C22H32N4O7. The fraction of sp³-hybridized carbons (Fsp3) is 0.545. The molecule has 3 amide bonds. The number of nitrogens with two attached hydrogens (primary N) is 1. The van der Waals surface area contributed by atoms with E-state index >= 15 is 0 Å². The van der Waals surface area contributed by atoms with E-state index in [1.165, 1.54) is 17.0 Å². The molecule has 0 aliphatic carbocycles. The fourth-order valence-corrected chi connectivity index (χ4v) is 3.59. The second-order valence-electron chi connectivity index (χ2n) is 8.47. The lowest BCUT2D eigenvalue weighted by Crippen LogP contribution is -2.59. The summed E-state index contributed by atoms with van der Waals surface area (Å²) in [5.41, 5.74) is 6.41. The number of carbonyl (C=O) groups is 4. The van der Waals surface area contributed by atoms with Gasteiger partial charge in [-0.25, -0.2) is 4.79 Å². The van der Waals surface area contributed by atoms with Crippen LogP contribution in [0.2, 0.25) is 0 Å². The van der Waals surface area contributed by atoms with Crippen molar-refractivity contribution in [3.63, 3.8) is 0 Å². The third-order valence-corrected chi connectivity index (χ3v) is 5.65. The Kier molecular flexibility index (Phi) is 9.18. The number of aliphatic carboxylic acids is 1. The molecule has 0 saturated carbocycles. The Morgan fingerprint density at radius 3 is 2.24 bits per heavy atom. The number of nitrogens with one attached hydrogen (secondary N) is 2. The molecule has 33 heavy (non-hydrogen) atoms. The topological polar surface area (TPSA) is 182 Å². The highest BCUT2D eigenvalue weighted by atomic mass is 16.4. The van der Waals surface area contributed by atoms with Gasteiger partial charge in [-0.1, -0.05) is 26.0 Å². The van der Waals surface area contributed by atoms with E-state index in [1.807, 2.05) is 0 Å². The number of benzene rings is 1. The number of rotatable bonds is 10. The standard InChI is InChI=1S/C22H32N4O7/c1-12(2)18(23)20(30)25-16(11-27)19(29)24-15(10-13-5-7-14(28)8-6-13)21(31)26-9-3-4-17(26)22(32)33/h5-8,12,15-18,27-28H,3-4,9-11,23H2,1-2H3,(H,24,29)(H,25,30)(H,32,33). The maximum Gasteiger partial charge on any atom is 0.326 e. The number of carboxylic acids is 1. The van der Waals surface area contributed by atoms with Gasteiger partial charge in [0.1, 0.15) is 23.9 Å². The van der Waals surface area contributed by atoms with Crippen LogP contribution in [0.5, 0.6) is 5.75 Å². The summed E-state index contributed by atoms with van der Waals surface area (Å²) in [7, 11) is 0. The molecule has 2 rings (SSSR count). The number of hydrogen-bond donors (Lipinski definition) is 6. The number of carbonyl (C=O) groups excluding carboxylic acids is 3. The average molecular weight is 465 g/mol. The van der Waals surface area contributed by atoms with Gasteiger partial charge >= 0.3 is 5.97 Å². The summed E-state index contributed by atoms with van der Waals surface area (Å²) >= 11 is 0. The van der Waals surface area contributed by atoms with Gasteiger partial charge in [-0.15, -0.1) is 0 Å². The van der Waals surface area contributed by atoms with Gasteiger partial charge in [-0.3, -0.25) is 14.4 Å². The summed E-state index contributed by atoms with van der Waals surface area (Å²) < 4.78 is 0. The number of aliphatic hydroxyl groups is 1. The molecule has 182 valence electrons. The van der Waals surface area contributed by atoms with Crippen molar-refractivity contribution in [2.24, 2.45) is 11.7 Å². The molecule has 1 aliphatic heterocycles. The maximum atomic E-state index is 13.2. The number of phenolic OH excluding ortho intramolecular Hbond substituents is 1. The Balaban J connectivity index is 2.22. The molecule has 1 aromatic carbocycles. The van der Waals surface area contributed by atoms with Gasteiger partial charge < -0.3 is 36.6 Å². The van der Waals surface area contributed by atoms with E-state index in [4.69, 9.17) is 5.73 Å². The van der Waals surface area contributed by atoms with Gasteiger partial charge in [-0.2, -0.15) is 0 Å². The van der Waals surface area contributed by atoms with Gasteiger partial charge in [0.2, 0.25) is 17.7 Å². The predicted molar refractivity (Wildman–Crippen MR) is 118 cm³/mol. The van der Waals surface area contributed by atoms with Gasteiger partial charge in [0.05, 0.1) is 12.6 Å². The fourth-order valence-electron chi connectivity index (χ4n) is 3.59. The molecule has 11 nitrogen and oxygen atoms in total. The van der Waals surface area contributed by atoms with Crippen molar-refractivity contribution in [1.82, 2.24) is 15.5 Å². The summed E-state index contributed by atoms with van der Waals surface area (Å²) in [6.07, 6.45) is 0.847. The van der Waals surface area contributed by atoms with Gasteiger partial charge in [-0.05, 0) is 36.5 Å². The van der Waals surface area contributed by atoms with Crippen LogP contribution in [0.25, 0.3) is 0 Å². The minimum absolute atomic E-state index is 0.0191. The van der Waals surface area contributed by atoms with Crippen LogP contribution in [0.4, 0.5) is 0 Å². The molecule has 1 aromatic rings. The monoisotopic (exact) mass is 464 g/mol. The molecule has 7 N–H and O–H groups in total. The first-order chi connectivity index (χ1) is 15.5. The lowest BCUT2D eigenvalue weighted by molar-refractivity contribution is -0.149. The van der Waals surface area contributed by atoms with Gasteiger partial charge in [0, 0.05) is 13.0 Å². The number of carboxylic acid groups (broad SMARTS) is 1. The first kappa shape index (κ1) is 26.1. The zero-order chi connectivity index (χ0) is 24.7. The summed E-state index contributed by atoms with van der Waals surface area (Å²) in [5, 5.41) is 33.5. The molecule has 0 radical (unpaired) electrons. The molecule has 0 spiro atoms. The van der Waals surface area contributed by atoms with Crippen molar-refractivity contribution >= 4 is 23.7 Å². The summed E-state index contributed by atoms with van der Waals surface area (Å²) in [4.78, 5) is 51.1. The Morgan fingerprint density at radius 1 is 1.09 bits per heavy atom. The van der Waals surface area contributed by atoms with E-state index in [0.717, 1.165) is 0 Å². The number of likely N-dealkylation sites (tertiary alicyclic amines) is 1. The Hall–Kier alpha value is -3.18. The smallest absolute Gasteiger partial charge is 0.326 e. The summed E-state index contributed by atoms with van der Waals surface area (Å²) in [6, 6.07) is 1.65. The van der Waals surface area contributed by atoms with Crippen LogP contribution in [0, 0.1) is 5.92 Å². The van der Waals surface area contributed by atoms with Crippen LogP contribution < -0.4 is 16.4 Å². The molecule has 1 saturated heterocycles. The predicted octanol–water partition coefficient (Wildman–Crippen LogP) is -1.04. The highest BCUT2D eigenvalue weighted by Crippen LogP contribution is 2.20. The molecule has 1 fully saturated rings. The quantitative estimate of drug-likeness (QED) is 0.254. The zero-order valence-corrected chi connectivity index (χ0v) is 18.7. The van der Waals surface area contributed by atoms with Crippen molar-refractivity contribution in [2.75, 3.05) is 13.2 Å². The molecule has 0 aromatic heterocycles. The SMILES string of the molecule is CC(C)C(N)C(=O)NC(CO)C(=O)NC(Cc1ccc(O)cc1)C(=O)N1CCCC1C(=O)O. The van der Waals surface area contributed by atoms with E-state index < -0.39 is 54.5 Å². The summed E-state index contributed by atoms with van der Waals surface area (Å²) in [6.45, 7) is 2.99. The van der Waals surface area contributed by atoms with Crippen molar-refractivity contribution in [3.05, 3.63) is 29.8 Å². The van der Waals surface area contributed by atoms with Crippen molar-refractivity contribution in [1.29, 1.82) is 0 Å². The first-order valence-corrected chi connectivity index (χ1v) is 10.8. The highest BCUT2D eigenvalue weighted by molar-refractivity contribution is 5.94. The highest BCUT2D eigenvalue weighted by Gasteiger charge is 2.38. The number of phenols is 1. The number of hydrogen-bond acceptors (Lipinski definition) is 7. The second kappa shape index (κ2) is 11.6. The molecule has 1 heterocycles. The zero-order valence-electron chi connectivity index (χ0n) is 18.7. The molecule has 1 aliphatic rings. The van der Waals surface area contributed by atoms with Gasteiger partial charge in [0.15, 0.2) is 0 Å². The maximum absolute atomic E-state index is 13.2. The van der Waals surface area contributed by atoms with E-state index in [0.29, 0.717) is 18.4 Å². The van der Waals surface area contributed by atoms with Gasteiger partial charge in [0.25, 0.3) is 0 Å². The van der Waals surface area contributed by atoms with E-state index in [2.05, 4.69) is 10.6 Å². The van der Waals surface area contributed by atoms with Crippen LogP contribution in [0.3, 0.4) is 0 Å². The third kappa shape index (κ3) is 6.90. The largest absolute Gasteiger partial charge is 0.508 e. The van der Waals surface area contributed by atoms with Crippen LogP contribution >= 0.6 is 0 Å². The Labute approximate surface area is 191 Å². The van der Waals surface area contributed by atoms with Crippen LogP contribution in [-0.4, -0.2) is 81.2 Å². The average Bonchev–Trinajstić information content (AvgIpc) is 3.27. The normalized spacial score (nSPS) is 18.5. The Morgan fingerprint density at radius 2 is 1.70 bits per heavy atom. The molecular weight excluding hydrogens is 432 g/mol. The lowest BCUT2D eigenvalue weighted by Gasteiger charge is -2.29. The van der Waals surface area contributed by atoms with Crippen molar-refractivity contribution < 1.29 is 34.5 Å². The van der Waals surface area contributed by atoms with Crippen LogP contribution in [0.1, 0.15) is 32.3 Å². The summed E-state index contributed by atoms with van der Waals surface area (Å²) in [5.74, 6) is -3.29. The van der Waals surface area contributed by atoms with Crippen molar-refractivity contribution in [2.45, 2.75) is 57.3 Å². The lowest BCUT2D eigenvalue weighted by atomic mass is 10.0. The Bertz CT molecular complexity index is 859. The van der Waals surface area contributed by atoms with E-state index in [1.54, 1.807) is 26.0 Å². The number of amides is 3. The molecule has 4 atom stereocenters. The van der Waals surface area contributed by atoms with Crippen LogP contribution in [-0.2, 0) is 25.6 Å². The minimum atomic E-state index is -1.34. The second-order valence-corrected chi connectivity index (χ2v) is 8.47. The molecule has 11 heteroatoms. The van der Waals surface area contributed by atoms with Crippen LogP contribution in [0.15, 0.2) is 24.3 Å². The minimum Gasteiger partial charge on any atom is -0.508 e. The van der Waals surface area contributed by atoms with E-state index in [9.17, 15) is 34.5 Å². The van der Waals surface area contributed by atoms with E-state index in [-0.39, 0.29) is 24.6 Å². The third-order valence-electron chi connectivity index (χ3n) is 5.65.